The van der Waals surface area contributed by atoms with Crippen molar-refractivity contribution < 1.29 is 14.3 Å². The number of allylic oxidation sites excluding steroid dienone is 2. The smallest absolute Gasteiger partial charge is 0.303 e. The van der Waals surface area contributed by atoms with Gasteiger partial charge in [0.05, 0.1) is 13.4 Å². The number of esters is 1. The molecule has 0 aromatic rings. The number of carbonyl (C=O) groups excluding carboxylic acids is 1. The lowest BCUT2D eigenvalue weighted by Crippen LogP contribution is -2.21. The Morgan fingerprint density at radius 2 is 2.33 bits per heavy atom. The van der Waals surface area contributed by atoms with Crippen LogP contribution in [0.4, 0.5) is 0 Å². The van der Waals surface area contributed by atoms with Crippen molar-refractivity contribution in [2.24, 2.45) is 5.92 Å². The van der Waals surface area contributed by atoms with Gasteiger partial charge in [0, 0.05) is 6.92 Å². The maximum atomic E-state index is 10.8. The van der Waals surface area contributed by atoms with Crippen molar-refractivity contribution in [1.29, 1.82) is 0 Å². The number of carbonyl (C=O) groups is 1. The summed E-state index contributed by atoms with van der Waals surface area (Å²) in [4.78, 5) is 10.8. The molecule has 0 radical (unpaired) electrons. The predicted molar refractivity (Wildman–Crippen MR) is 58.2 cm³/mol. The van der Waals surface area contributed by atoms with E-state index in [0.717, 1.165) is 12.8 Å². The van der Waals surface area contributed by atoms with Crippen LogP contribution in [-0.4, -0.2) is 19.2 Å². The average Bonchev–Trinajstić information content (AvgIpc) is 2.12. The average molecular weight is 210 g/mol. The summed E-state index contributed by atoms with van der Waals surface area (Å²) < 4.78 is 10.0. The van der Waals surface area contributed by atoms with Gasteiger partial charge in [0.25, 0.3) is 0 Å². The third-order valence-corrected chi connectivity index (χ3v) is 2.35. The van der Waals surface area contributed by atoms with Crippen LogP contribution in [0.1, 0.15) is 26.7 Å². The monoisotopic (exact) mass is 210 g/mol. The minimum atomic E-state index is -0.222. The molecule has 84 valence electrons. The standard InChI is InChI=1S/C12H18O3/c1-9-6-11(4-5-14-3)8-12(7-9)15-10(2)13/h4-5,8-9,12H,6-7H2,1-3H3/b5-4+/t9-,12+/m0/s1. The molecule has 3 nitrogen and oxygen atoms in total. The first-order chi connectivity index (χ1) is 7.11. The summed E-state index contributed by atoms with van der Waals surface area (Å²) in [5, 5.41) is 0. The van der Waals surface area contributed by atoms with Crippen LogP contribution in [0.15, 0.2) is 24.0 Å². The lowest BCUT2D eigenvalue weighted by atomic mass is 9.88. The Balaban J connectivity index is 2.65. The number of methoxy groups -OCH3 is 1. The summed E-state index contributed by atoms with van der Waals surface area (Å²) in [5.74, 6) is 0.316. The molecule has 1 rings (SSSR count). The molecule has 0 amide bonds. The van der Waals surface area contributed by atoms with Gasteiger partial charge in [0.1, 0.15) is 6.10 Å². The van der Waals surface area contributed by atoms with Crippen LogP contribution >= 0.6 is 0 Å². The molecule has 2 atom stereocenters. The lowest BCUT2D eigenvalue weighted by molar-refractivity contribution is -0.144. The highest BCUT2D eigenvalue weighted by Gasteiger charge is 2.20. The molecule has 0 heterocycles. The van der Waals surface area contributed by atoms with Crippen molar-refractivity contribution in [3.05, 3.63) is 24.0 Å². The molecule has 0 saturated carbocycles. The normalized spacial score (nSPS) is 26.2. The quantitative estimate of drug-likeness (QED) is 0.530. The molecule has 1 aliphatic carbocycles. The van der Waals surface area contributed by atoms with Gasteiger partial charge in [-0.1, -0.05) is 6.92 Å². The molecule has 3 heteroatoms. The van der Waals surface area contributed by atoms with Crippen LogP contribution in [0, 0.1) is 5.92 Å². The van der Waals surface area contributed by atoms with Gasteiger partial charge in [-0.15, -0.1) is 0 Å². The van der Waals surface area contributed by atoms with E-state index in [-0.39, 0.29) is 12.1 Å². The van der Waals surface area contributed by atoms with Gasteiger partial charge in [-0.25, -0.2) is 0 Å². The first-order valence-corrected chi connectivity index (χ1v) is 5.19. The van der Waals surface area contributed by atoms with Crippen molar-refractivity contribution >= 4 is 5.97 Å². The molecule has 0 N–H and O–H groups in total. The molecule has 0 unspecified atom stereocenters. The second-order valence-electron chi connectivity index (χ2n) is 3.97. The molecular formula is C12H18O3. The minimum absolute atomic E-state index is 0.0808. The first kappa shape index (κ1) is 11.8. The van der Waals surface area contributed by atoms with E-state index in [0.29, 0.717) is 5.92 Å². The molecule has 15 heavy (non-hydrogen) atoms. The molecule has 0 aromatic heterocycles. The SMILES string of the molecule is CO/C=C/C1=C[C@H](OC(C)=O)C[C@@H](C)C1. The van der Waals surface area contributed by atoms with Gasteiger partial charge in [0.2, 0.25) is 0 Å². The largest absolute Gasteiger partial charge is 0.504 e. The second kappa shape index (κ2) is 5.59. The van der Waals surface area contributed by atoms with Gasteiger partial charge in [-0.2, -0.15) is 0 Å². The van der Waals surface area contributed by atoms with Crippen LogP contribution in [0.2, 0.25) is 0 Å². The lowest BCUT2D eigenvalue weighted by Gasteiger charge is -2.24. The molecule has 0 fully saturated rings. The molecule has 1 aliphatic rings. The fourth-order valence-electron chi connectivity index (χ4n) is 1.83. The van der Waals surface area contributed by atoms with E-state index in [1.807, 2.05) is 12.2 Å². The maximum Gasteiger partial charge on any atom is 0.303 e. The topological polar surface area (TPSA) is 35.5 Å². The number of ether oxygens (including phenoxy) is 2. The highest BCUT2D eigenvalue weighted by Crippen LogP contribution is 2.26. The van der Waals surface area contributed by atoms with Crippen molar-refractivity contribution in [2.75, 3.05) is 7.11 Å². The van der Waals surface area contributed by atoms with Gasteiger partial charge >= 0.3 is 5.97 Å². The second-order valence-corrected chi connectivity index (χ2v) is 3.97. The summed E-state index contributed by atoms with van der Waals surface area (Å²) >= 11 is 0. The fourth-order valence-corrected chi connectivity index (χ4v) is 1.83. The van der Waals surface area contributed by atoms with Gasteiger partial charge in [0.15, 0.2) is 0 Å². The molecule has 0 saturated heterocycles. The molecule has 0 bridgehead atoms. The minimum Gasteiger partial charge on any atom is -0.504 e. The van der Waals surface area contributed by atoms with Gasteiger partial charge in [-0.05, 0) is 36.5 Å². The van der Waals surface area contributed by atoms with E-state index in [1.54, 1.807) is 13.4 Å². The zero-order chi connectivity index (χ0) is 11.3. The summed E-state index contributed by atoms with van der Waals surface area (Å²) in [6, 6.07) is 0. The Bertz CT molecular complexity index is 279. The Morgan fingerprint density at radius 3 is 2.93 bits per heavy atom. The Kier molecular flexibility index (Phi) is 4.40. The maximum absolute atomic E-state index is 10.8. The van der Waals surface area contributed by atoms with Crippen LogP contribution in [0.5, 0.6) is 0 Å². The molecule has 0 aromatic carbocycles. The Hall–Kier alpha value is -1.25. The first-order valence-electron chi connectivity index (χ1n) is 5.19. The van der Waals surface area contributed by atoms with Crippen molar-refractivity contribution in [1.82, 2.24) is 0 Å². The molecule has 0 spiro atoms. The van der Waals surface area contributed by atoms with Crippen LogP contribution in [0.25, 0.3) is 0 Å². The fraction of sp³-hybridized carbons (Fsp3) is 0.583. The van der Waals surface area contributed by atoms with Crippen LogP contribution in [-0.2, 0) is 14.3 Å². The highest BCUT2D eigenvalue weighted by molar-refractivity contribution is 5.66. The summed E-state index contributed by atoms with van der Waals surface area (Å²) in [6.45, 7) is 3.60. The third-order valence-electron chi connectivity index (χ3n) is 2.35. The summed E-state index contributed by atoms with van der Waals surface area (Å²) in [7, 11) is 1.62. The predicted octanol–water partition coefficient (Wildman–Crippen LogP) is 2.43. The number of hydrogen-bond acceptors (Lipinski definition) is 3. The van der Waals surface area contributed by atoms with Crippen molar-refractivity contribution in [3.8, 4) is 0 Å². The molecule has 0 aliphatic heterocycles. The summed E-state index contributed by atoms with van der Waals surface area (Å²) in [5.41, 5.74) is 1.17. The van der Waals surface area contributed by atoms with E-state index in [4.69, 9.17) is 9.47 Å². The van der Waals surface area contributed by atoms with Crippen molar-refractivity contribution in [2.45, 2.75) is 32.8 Å². The van der Waals surface area contributed by atoms with E-state index in [2.05, 4.69) is 6.92 Å². The summed E-state index contributed by atoms with van der Waals surface area (Å²) in [6.07, 6.45) is 7.40. The van der Waals surface area contributed by atoms with Crippen LogP contribution < -0.4 is 0 Å². The van der Waals surface area contributed by atoms with E-state index in [1.165, 1.54) is 12.5 Å². The Labute approximate surface area is 90.8 Å². The highest BCUT2D eigenvalue weighted by atomic mass is 16.5. The van der Waals surface area contributed by atoms with E-state index < -0.39 is 0 Å². The zero-order valence-corrected chi connectivity index (χ0v) is 9.53. The van der Waals surface area contributed by atoms with E-state index in [9.17, 15) is 4.79 Å². The van der Waals surface area contributed by atoms with Crippen LogP contribution in [0.3, 0.4) is 0 Å². The van der Waals surface area contributed by atoms with Gasteiger partial charge in [-0.3, -0.25) is 4.79 Å². The Morgan fingerprint density at radius 1 is 1.60 bits per heavy atom. The number of hydrogen-bond donors (Lipinski definition) is 0. The van der Waals surface area contributed by atoms with E-state index >= 15 is 0 Å². The third kappa shape index (κ3) is 4.19. The zero-order valence-electron chi connectivity index (χ0n) is 9.53. The molecular weight excluding hydrogens is 192 g/mol. The number of rotatable bonds is 3. The van der Waals surface area contributed by atoms with Gasteiger partial charge < -0.3 is 9.47 Å². The van der Waals surface area contributed by atoms with Crippen molar-refractivity contribution in [3.63, 3.8) is 0 Å².